The van der Waals surface area contributed by atoms with Crippen LogP contribution in [0.1, 0.15) is 284 Å². The molecule has 0 aliphatic heterocycles. The topological polar surface area (TPSA) is 47.9 Å². The fourth-order valence-corrected chi connectivity index (χ4v) is 7.99. The summed E-state index contributed by atoms with van der Waals surface area (Å²) in [4.78, 5) is 0. The van der Waals surface area contributed by atoms with Gasteiger partial charge in [-0.3, -0.25) is 0 Å². The first-order valence-electron chi connectivity index (χ1n) is 25.7. The van der Waals surface area contributed by atoms with Crippen molar-refractivity contribution in [1.82, 2.24) is 0 Å². The van der Waals surface area contributed by atoms with Gasteiger partial charge in [0.1, 0.15) is 0 Å². The molecule has 0 aromatic heterocycles. The lowest BCUT2D eigenvalue weighted by Gasteiger charge is -2.21. The van der Waals surface area contributed by atoms with Gasteiger partial charge in [0.05, 0.1) is 25.4 Å². The maximum absolute atomic E-state index is 10.1. The maximum atomic E-state index is 10.1. The Morgan fingerprint density at radius 2 is 0.527 bits per heavy atom. The van der Waals surface area contributed by atoms with Crippen molar-refractivity contribution >= 4 is 0 Å². The highest BCUT2D eigenvalue weighted by Gasteiger charge is 2.15. The molecule has 0 aromatic rings. The van der Waals surface area contributed by atoms with Crippen LogP contribution in [-0.2, 0) is 14.2 Å². The van der Waals surface area contributed by atoms with E-state index in [2.05, 4.69) is 20.8 Å². The van der Waals surface area contributed by atoms with Crippen LogP contribution in [0, 0.1) is 0 Å². The summed E-state index contributed by atoms with van der Waals surface area (Å²) < 4.78 is 18.8. The zero-order chi connectivity index (χ0) is 39.8. The minimum atomic E-state index is -0.0826. The van der Waals surface area contributed by atoms with Crippen molar-refractivity contribution in [1.29, 1.82) is 0 Å². The van der Waals surface area contributed by atoms with Gasteiger partial charge < -0.3 is 19.3 Å². The molecule has 4 heteroatoms. The minimum Gasteiger partial charge on any atom is -0.394 e. The van der Waals surface area contributed by atoms with Gasteiger partial charge in [0.15, 0.2) is 0 Å². The van der Waals surface area contributed by atoms with Gasteiger partial charge in [-0.25, -0.2) is 0 Å². The van der Waals surface area contributed by atoms with E-state index in [1.807, 2.05) is 0 Å². The Morgan fingerprint density at radius 1 is 0.291 bits per heavy atom. The third-order valence-corrected chi connectivity index (χ3v) is 11.9. The maximum Gasteiger partial charge on any atom is 0.0809 e. The van der Waals surface area contributed by atoms with Crippen molar-refractivity contribution in [2.75, 3.05) is 33.0 Å². The molecule has 0 saturated heterocycles. The number of hydrogen-bond acceptors (Lipinski definition) is 4. The van der Waals surface area contributed by atoms with Crippen LogP contribution in [-0.4, -0.2) is 50.3 Å². The Morgan fingerprint density at radius 3 is 0.818 bits per heavy atom. The summed E-state index contributed by atoms with van der Waals surface area (Å²) in [7, 11) is 0. The number of rotatable bonds is 50. The van der Waals surface area contributed by atoms with Crippen LogP contribution in [0.25, 0.3) is 0 Å². The summed E-state index contributed by atoms with van der Waals surface area (Å²) in [5, 5.41) is 10.1. The predicted octanol–water partition coefficient (Wildman–Crippen LogP) is 16.8. The molecule has 0 saturated carbocycles. The third kappa shape index (κ3) is 46.4. The molecule has 0 radical (unpaired) electrons. The van der Waals surface area contributed by atoms with E-state index in [0.717, 1.165) is 51.9 Å². The smallest absolute Gasteiger partial charge is 0.0809 e. The summed E-state index contributed by atoms with van der Waals surface area (Å²) in [5.41, 5.74) is 0. The second-order valence-electron chi connectivity index (χ2n) is 17.5. The zero-order valence-corrected chi connectivity index (χ0v) is 38.4. The molecule has 0 heterocycles. The Labute approximate surface area is 347 Å². The molecular weight excluding hydrogens is 677 g/mol. The Kier molecular flexibility index (Phi) is 49.8. The zero-order valence-electron chi connectivity index (χ0n) is 38.4. The highest BCUT2D eigenvalue weighted by molar-refractivity contribution is 4.65. The van der Waals surface area contributed by atoms with Crippen LogP contribution in [0.15, 0.2) is 0 Å². The minimum absolute atomic E-state index is 0.0826. The van der Waals surface area contributed by atoms with Crippen molar-refractivity contribution in [3.63, 3.8) is 0 Å². The summed E-state index contributed by atoms with van der Waals surface area (Å²) >= 11 is 0. The first kappa shape index (κ1) is 54.8. The molecule has 55 heavy (non-hydrogen) atoms. The third-order valence-electron chi connectivity index (χ3n) is 11.9. The van der Waals surface area contributed by atoms with Crippen molar-refractivity contribution in [3.8, 4) is 0 Å². The Bertz CT molecular complexity index is 657. The Hall–Kier alpha value is -0.160. The second-order valence-corrected chi connectivity index (χ2v) is 17.5. The summed E-state index contributed by atoms with van der Waals surface area (Å²) in [6.07, 6.45) is 55.2. The molecule has 0 spiro atoms. The van der Waals surface area contributed by atoms with Gasteiger partial charge >= 0.3 is 0 Å². The molecule has 0 unspecified atom stereocenters. The fraction of sp³-hybridized carbons (Fsp3) is 1.00. The average molecular weight is 781 g/mol. The van der Waals surface area contributed by atoms with E-state index in [1.54, 1.807) is 0 Å². The second kappa shape index (κ2) is 50.0. The standard InChI is InChI=1S/C51H104O4/c1-4-7-10-13-16-19-22-25-28-31-34-37-40-45-53-49-51(55-47-42-39-36-33-30-27-24-21-18-15-12-9-6-3)44-43-50(48-52)54-46-41-38-35-32-29-26-23-20-17-14-11-8-5-2/h50-52H,4-49H2,1-3H3/t50-,51+/m1/s1. The summed E-state index contributed by atoms with van der Waals surface area (Å²) in [5.74, 6) is 0. The van der Waals surface area contributed by atoms with Crippen LogP contribution in [0.2, 0.25) is 0 Å². The van der Waals surface area contributed by atoms with Crippen LogP contribution in [0.5, 0.6) is 0 Å². The molecule has 0 bridgehead atoms. The molecule has 332 valence electrons. The molecular formula is C51H104O4. The fourth-order valence-electron chi connectivity index (χ4n) is 7.99. The highest BCUT2D eigenvalue weighted by Crippen LogP contribution is 2.17. The van der Waals surface area contributed by atoms with Gasteiger partial charge in [-0.1, -0.05) is 252 Å². The molecule has 0 rings (SSSR count). The Balaban J connectivity index is 4.16. The molecule has 4 nitrogen and oxygen atoms in total. The molecule has 0 aliphatic carbocycles. The predicted molar refractivity (Wildman–Crippen MR) is 244 cm³/mol. The van der Waals surface area contributed by atoms with Crippen molar-refractivity contribution in [2.45, 2.75) is 296 Å². The lowest BCUT2D eigenvalue weighted by molar-refractivity contribution is -0.0412. The van der Waals surface area contributed by atoms with E-state index in [1.165, 1.54) is 231 Å². The normalized spacial score (nSPS) is 12.9. The van der Waals surface area contributed by atoms with E-state index in [-0.39, 0.29) is 18.8 Å². The van der Waals surface area contributed by atoms with Gasteiger partial charge in [-0.05, 0) is 32.1 Å². The number of unbranched alkanes of at least 4 members (excludes halogenated alkanes) is 36. The van der Waals surface area contributed by atoms with Gasteiger partial charge in [0.2, 0.25) is 0 Å². The number of hydrogen-bond donors (Lipinski definition) is 1. The molecule has 0 aliphatic rings. The molecule has 0 aromatic carbocycles. The molecule has 0 fully saturated rings. The van der Waals surface area contributed by atoms with Crippen LogP contribution in [0.4, 0.5) is 0 Å². The van der Waals surface area contributed by atoms with E-state index >= 15 is 0 Å². The van der Waals surface area contributed by atoms with Crippen molar-refractivity contribution in [3.05, 3.63) is 0 Å². The number of ether oxygens (including phenoxy) is 3. The molecule has 2 atom stereocenters. The van der Waals surface area contributed by atoms with E-state index in [9.17, 15) is 5.11 Å². The molecule has 0 amide bonds. The first-order valence-corrected chi connectivity index (χ1v) is 25.7. The lowest BCUT2D eigenvalue weighted by atomic mass is 10.0. The van der Waals surface area contributed by atoms with Gasteiger partial charge in [0.25, 0.3) is 0 Å². The first-order chi connectivity index (χ1) is 27.3. The summed E-state index contributed by atoms with van der Waals surface area (Å²) in [6.45, 7) is 10.1. The number of aliphatic hydroxyl groups excluding tert-OH is 1. The quantitative estimate of drug-likeness (QED) is 0.0625. The van der Waals surface area contributed by atoms with E-state index < -0.39 is 0 Å². The van der Waals surface area contributed by atoms with Gasteiger partial charge in [0, 0.05) is 19.8 Å². The highest BCUT2D eigenvalue weighted by atomic mass is 16.5. The van der Waals surface area contributed by atoms with E-state index in [0.29, 0.717) is 6.61 Å². The lowest BCUT2D eigenvalue weighted by Crippen LogP contribution is -2.26. The largest absolute Gasteiger partial charge is 0.394 e. The van der Waals surface area contributed by atoms with Crippen LogP contribution >= 0.6 is 0 Å². The molecule has 1 N–H and O–H groups in total. The average Bonchev–Trinajstić information content (AvgIpc) is 3.20. The monoisotopic (exact) mass is 781 g/mol. The SMILES string of the molecule is CCCCCCCCCCCCCCCOC[C@H](CC[C@H](CO)OCCCCCCCCCCCCCCC)OCCCCCCCCCCCCCCC. The summed E-state index contributed by atoms with van der Waals surface area (Å²) in [6, 6.07) is 0. The van der Waals surface area contributed by atoms with Gasteiger partial charge in [-0.2, -0.15) is 0 Å². The number of aliphatic hydroxyl groups is 1. The van der Waals surface area contributed by atoms with Gasteiger partial charge in [-0.15, -0.1) is 0 Å². The van der Waals surface area contributed by atoms with Crippen LogP contribution in [0.3, 0.4) is 0 Å². The van der Waals surface area contributed by atoms with Crippen molar-refractivity contribution < 1.29 is 19.3 Å². The van der Waals surface area contributed by atoms with E-state index in [4.69, 9.17) is 14.2 Å². The van der Waals surface area contributed by atoms with Crippen LogP contribution < -0.4 is 0 Å². The van der Waals surface area contributed by atoms with Crippen molar-refractivity contribution in [2.24, 2.45) is 0 Å².